The first-order valence-corrected chi connectivity index (χ1v) is 10.4. The minimum atomic E-state index is -0.191. The maximum atomic E-state index is 12.2. The average Bonchev–Trinajstić information content (AvgIpc) is 2.91. The number of anilines is 1. The lowest BCUT2D eigenvalue weighted by Gasteiger charge is -2.21. The fourth-order valence-corrected chi connectivity index (χ4v) is 4.35. The third-order valence-corrected chi connectivity index (χ3v) is 6.34. The standard InChI is InChI=1S/C20H24ClN3O2S/c1-14-18(20(21)24(2)23-14)6-7-19(25)22-16-5-3-4-15(12-16)13-27-17-8-10-26-11-9-17/h3-7,12,17H,8-11,13H2,1-2H3,(H,22,25)/b7-6+. The molecule has 3 rings (SSSR count). The number of halogens is 1. The number of thioether (sulfide) groups is 1. The van der Waals surface area contributed by atoms with Crippen molar-refractivity contribution in [2.45, 2.75) is 30.8 Å². The molecule has 1 amide bonds. The monoisotopic (exact) mass is 405 g/mol. The van der Waals surface area contributed by atoms with Gasteiger partial charge in [0.15, 0.2) is 0 Å². The average molecular weight is 406 g/mol. The van der Waals surface area contributed by atoms with E-state index in [-0.39, 0.29) is 5.91 Å². The summed E-state index contributed by atoms with van der Waals surface area (Å²) in [6.07, 6.45) is 5.41. The van der Waals surface area contributed by atoms with Crippen LogP contribution in [0, 0.1) is 6.92 Å². The molecule has 1 saturated heterocycles. The molecular weight excluding hydrogens is 382 g/mol. The van der Waals surface area contributed by atoms with Crippen molar-refractivity contribution < 1.29 is 9.53 Å². The highest BCUT2D eigenvalue weighted by atomic mass is 35.5. The summed E-state index contributed by atoms with van der Waals surface area (Å²) < 4.78 is 7.00. The Morgan fingerprint density at radius 1 is 1.44 bits per heavy atom. The smallest absolute Gasteiger partial charge is 0.248 e. The highest BCUT2D eigenvalue weighted by Gasteiger charge is 2.14. The first kappa shape index (κ1) is 20.0. The lowest BCUT2D eigenvalue weighted by molar-refractivity contribution is -0.111. The molecule has 0 saturated carbocycles. The van der Waals surface area contributed by atoms with Crippen LogP contribution in [0.1, 0.15) is 29.7 Å². The van der Waals surface area contributed by atoms with Crippen molar-refractivity contribution in [3.8, 4) is 0 Å². The number of hydrogen-bond donors (Lipinski definition) is 1. The number of nitrogens with one attached hydrogen (secondary N) is 1. The Morgan fingerprint density at radius 3 is 2.93 bits per heavy atom. The van der Waals surface area contributed by atoms with Gasteiger partial charge in [-0.1, -0.05) is 23.7 Å². The fourth-order valence-electron chi connectivity index (χ4n) is 2.97. The predicted molar refractivity (Wildman–Crippen MR) is 112 cm³/mol. The number of carbonyl (C=O) groups excluding carboxylic acids is 1. The Balaban J connectivity index is 1.56. The molecule has 2 heterocycles. The summed E-state index contributed by atoms with van der Waals surface area (Å²) in [5.41, 5.74) is 3.55. The minimum absolute atomic E-state index is 0.191. The van der Waals surface area contributed by atoms with Crippen LogP contribution in [-0.2, 0) is 22.3 Å². The van der Waals surface area contributed by atoms with Crippen molar-refractivity contribution in [1.82, 2.24) is 9.78 Å². The summed E-state index contributed by atoms with van der Waals surface area (Å²) in [6, 6.07) is 7.99. The summed E-state index contributed by atoms with van der Waals surface area (Å²) in [5.74, 6) is 0.748. The number of hydrogen-bond acceptors (Lipinski definition) is 4. The van der Waals surface area contributed by atoms with Gasteiger partial charge in [-0.3, -0.25) is 9.48 Å². The van der Waals surface area contributed by atoms with Gasteiger partial charge in [-0.15, -0.1) is 0 Å². The third kappa shape index (κ3) is 5.61. The molecule has 1 aliphatic rings. The molecule has 5 nitrogen and oxygen atoms in total. The van der Waals surface area contributed by atoms with E-state index in [2.05, 4.69) is 16.5 Å². The number of aryl methyl sites for hydroxylation is 2. The van der Waals surface area contributed by atoms with E-state index in [0.29, 0.717) is 10.4 Å². The van der Waals surface area contributed by atoms with Gasteiger partial charge in [-0.25, -0.2) is 0 Å². The molecule has 1 N–H and O–H groups in total. The maximum absolute atomic E-state index is 12.2. The van der Waals surface area contributed by atoms with E-state index in [1.54, 1.807) is 17.8 Å². The molecule has 144 valence electrons. The lowest BCUT2D eigenvalue weighted by Crippen LogP contribution is -2.17. The van der Waals surface area contributed by atoms with E-state index in [9.17, 15) is 4.79 Å². The zero-order valence-corrected chi connectivity index (χ0v) is 17.1. The first-order valence-electron chi connectivity index (χ1n) is 8.99. The van der Waals surface area contributed by atoms with Crippen LogP contribution < -0.4 is 5.32 Å². The fraction of sp³-hybridized carbons (Fsp3) is 0.400. The van der Waals surface area contributed by atoms with Crippen LogP contribution in [-0.4, -0.2) is 34.2 Å². The summed E-state index contributed by atoms with van der Waals surface area (Å²) in [4.78, 5) is 12.2. The van der Waals surface area contributed by atoms with Crippen molar-refractivity contribution in [1.29, 1.82) is 0 Å². The van der Waals surface area contributed by atoms with Crippen LogP contribution in [0.5, 0.6) is 0 Å². The molecule has 0 bridgehead atoms. The Labute approximate surface area is 169 Å². The van der Waals surface area contributed by atoms with Crippen molar-refractivity contribution in [2.24, 2.45) is 7.05 Å². The lowest BCUT2D eigenvalue weighted by atomic mass is 10.2. The zero-order chi connectivity index (χ0) is 19.2. The normalized spacial score (nSPS) is 15.4. The van der Waals surface area contributed by atoms with E-state index in [0.717, 1.165) is 48.8 Å². The van der Waals surface area contributed by atoms with E-state index >= 15 is 0 Å². The zero-order valence-electron chi connectivity index (χ0n) is 15.6. The second-order valence-electron chi connectivity index (χ2n) is 6.56. The van der Waals surface area contributed by atoms with E-state index < -0.39 is 0 Å². The van der Waals surface area contributed by atoms with Crippen LogP contribution in [0.3, 0.4) is 0 Å². The number of nitrogens with zero attached hydrogens (tertiary/aromatic N) is 2. The van der Waals surface area contributed by atoms with Gasteiger partial charge in [0.2, 0.25) is 5.91 Å². The van der Waals surface area contributed by atoms with Crippen LogP contribution in [0.25, 0.3) is 6.08 Å². The molecule has 1 aromatic heterocycles. The number of rotatable bonds is 6. The van der Waals surface area contributed by atoms with Crippen LogP contribution >= 0.6 is 23.4 Å². The number of ether oxygens (including phenoxy) is 1. The van der Waals surface area contributed by atoms with Crippen molar-refractivity contribution in [2.75, 3.05) is 18.5 Å². The molecule has 0 aliphatic carbocycles. The first-order chi connectivity index (χ1) is 13.0. The topological polar surface area (TPSA) is 56.2 Å². The van der Waals surface area contributed by atoms with Gasteiger partial charge >= 0.3 is 0 Å². The van der Waals surface area contributed by atoms with Crippen LogP contribution in [0.2, 0.25) is 5.15 Å². The molecule has 1 aliphatic heterocycles. The van der Waals surface area contributed by atoms with Gasteiger partial charge in [-0.05, 0) is 43.5 Å². The Kier molecular flexibility index (Phi) is 6.99. The van der Waals surface area contributed by atoms with Crippen molar-refractivity contribution >= 4 is 41.0 Å². The highest BCUT2D eigenvalue weighted by Crippen LogP contribution is 2.26. The number of benzene rings is 1. The second kappa shape index (κ2) is 9.44. The van der Waals surface area contributed by atoms with E-state index in [1.165, 1.54) is 11.6 Å². The van der Waals surface area contributed by atoms with Crippen LogP contribution in [0.4, 0.5) is 5.69 Å². The Hall–Kier alpha value is -1.76. The predicted octanol–water partition coefficient (Wildman–Crippen LogP) is 4.45. The third-order valence-electron chi connectivity index (χ3n) is 4.45. The second-order valence-corrected chi connectivity index (χ2v) is 8.21. The Bertz CT molecular complexity index is 829. The van der Waals surface area contributed by atoms with Crippen LogP contribution in [0.15, 0.2) is 30.3 Å². The molecule has 0 unspecified atom stereocenters. The number of amides is 1. The molecule has 1 fully saturated rings. The molecule has 2 aromatic rings. The molecule has 7 heteroatoms. The van der Waals surface area contributed by atoms with Gasteiger partial charge in [0.05, 0.1) is 5.69 Å². The molecule has 0 radical (unpaired) electrons. The van der Waals surface area contributed by atoms with Crippen molar-refractivity contribution in [3.63, 3.8) is 0 Å². The minimum Gasteiger partial charge on any atom is -0.381 e. The van der Waals surface area contributed by atoms with Gasteiger partial charge < -0.3 is 10.1 Å². The van der Waals surface area contributed by atoms with E-state index in [4.69, 9.17) is 16.3 Å². The largest absolute Gasteiger partial charge is 0.381 e. The van der Waals surface area contributed by atoms with Gasteiger partial charge in [0.25, 0.3) is 0 Å². The highest BCUT2D eigenvalue weighted by molar-refractivity contribution is 7.99. The quantitative estimate of drug-likeness (QED) is 0.721. The molecule has 0 atom stereocenters. The molecular formula is C20H24ClN3O2S. The van der Waals surface area contributed by atoms with Gasteiger partial charge in [0.1, 0.15) is 5.15 Å². The molecule has 0 spiro atoms. The molecule has 1 aromatic carbocycles. The summed E-state index contributed by atoms with van der Waals surface area (Å²) >= 11 is 8.15. The van der Waals surface area contributed by atoms with Crippen molar-refractivity contribution in [3.05, 3.63) is 52.3 Å². The number of carbonyl (C=O) groups is 1. The van der Waals surface area contributed by atoms with Gasteiger partial charge in [0, 0.05) is 48.6 Å². The van der Waals surface area contributed by atoms with Gasteiger partial charge in [-0.2, -0.15) is 16.9 Å². The van der Waals surface area contributed by atoms with E-state index in [1.807, 2.05) is 36.9 Å². The SMILES string of the molecule is Cc1nn(C)c(Cl)c1/C=C/C(=O)Nc1cccc(CSC2CCOCC2)c1. The molecule has 27 heavy (non-hydrogen) atoms. The summed E-state index contributed by atoms with van der Waals surface area (Å²) in [5, 5.41) is 8.32. The summed E-state index contributed by atoms with van der Waals surface area (Å²) in [6.45, 7) is 3.59. The maximum Gasteiger partial charge on any atom is 0.248 e. The number of aromatic nitrogens is 2. The summed E-state index contributed by atoms with van der Waals surface area (Å²) in [7, 11) is 1.77. The Morgan fingerprint density at radius 2 is 2.22 bits per heavy atom.